The molecule has 1 amide bonds. The van der Waals surface area contributed by atoms with E-state index in [0.717, 1.165) is 12.8 Å². The molecule has 0 unspecified atom stereocenters. The van der Waals surface area contributed by atoms with Gasteiger partial charge in [-0.1, -0.05) is 41.5 Å². The first-order valence-corrected chi connectivity index (χ1v) is 9.87. The van der Waals surface area contributed by atoms with Crippen LogP contribution in [0.3, 0.4) is 0 Å². The Morgan fingerprint density at radius 2 is 1.69 bits per heavy atom. The zero-order chi connectivity index (χ0) is 19.6. The van der Waals surface area contributed by atoms with Crippen molar-refractivity contribution in [3.8, 4) is 5.88 Å². The Bertz CT molecular complexity index is 517. The number of carbonyl (C=O) groups excluding carboxylic acids is 1. The maximum atomic E-state index is 13.2. The number of pyridine rings is 1. The second-order valence-corrected chi connectivity index (χ2v) is 7.73. The molecule has 1 rings (SSSR count). The number of nitrogens with one attached hydrogen (secondary N) is 1. The molecule has 0 aliphatic rings. The quantitative estimate of drug-likeness (QED) is 0.563. The smallest absolute Gasteiger partial charge is 0.256 e. The van der Waals surface area contributed by atoms with Gasteiger partial charge < -0.3 is 14.8 Å². The lowest BCUT2D eigenvalue weighted by molar-refractivity contribution is -0.147. The van der Waals surface area contributed by atoms with Crippen molar-refractivity contribution in [3.63, 3.8) is 0 Å². The average Bonchev–Trinajstić information content (AvgIpc) is 2.58. The number of aromatic nitrogens is 1. The minimum Gasteiger partial charge on any atom is -0.478 e. The molecular formula is C21H36N2O3. The number of rotatable bonds is 12. The van der Waals surface area contributed by atoms with E-state index in [0.29, 0.717) is 49.5 Å². The Morgan fingerprint density at radius 1 is 1.08 bits per heavy atom. The Kier molecular flexibility index (Phi) is 9.63. The summed E-state index contributed by atoms with van der Waals surface area (Å²) in [6.07, 6.45) is 4.85. The van der Waals surface area contributed by atoms with Crippen LogP contribution in [0.5, 0.6) is 5.88 Å². The Morgan fingerprint density at radius 3 is 2.15 bits per heavy atom. The molecule has 0 spiro atoms. The van der Waals surface area contributed by atoms with Crippen molar-refractivity contribution in [1.29, 1.82) is 0 Å². The van der Waals surface area contributed by atoms with Crippen LogP contribution in [0.1, 0.15) is 67.2 Å². The highest BCUT2D eigenvalue weighted by Crippen LogP contribution is 2.31. The minimum atomic E-state index is -0.810. The molecule has 0 aromatic carbocycles. The highest BCUT2D eigenvalue weighted by Gasteiger charge is 2.40. The van der Waals surface area contributed by atoms with Gasteiger partial charge in [0.15, 0.2) is 0 Å². The molecule has 1 aromatic heterocycles. The average molecular weight is 365 g/mol. The number of carbonyl (C=O) groups is 1. The standard InChI is InChI=1S/C21H36N2O3/c1-7-11-25-19-10-9-18(15-22-19)23-20(24)21(13-16(3)4,14-17(5)6)26-12-8-2/h9-10,15-17H,7-8,11-14H2,1-6H3,(H,23,24). The van der Waals surface area contributed by atoms with E-state index in [1.165, 1.54) is 0 Å². The summed E-state index contributed by atoms with van der Waals surface area (Å²) in [7, 11) is 0. The second-order valence-electron chi connectivity index (χ2n) is 7.73. The van der Waals surface area contributed by atoms with Gasteiger partial charge in [0, 0.05) is 12.7 Å². The molecule has 5 nitrogen and oxygen atoms in total. The summed E-state index contributed by atoms with van der Waals surface area (Å²) in [5.41, 5.74) is -0.147. The summed E-state index contributed by atoms with van der Waals surface area (Å²) in [5.74, 6) is 1.21. The van der Waals surface area contributed by atoms with Crippen molar-refractivity contribution in [2.24, 2.45) is 11.8 Å². The predicted molar refractivity (Wildman–Crippen MR) is 107 cm³/mol. The van der Waals surface area contributed by atoms with Crippen LogP contribution >= 0.6 is 0 Å². The molecule has 0 saturated heterocycles. The van der Waals surface area contributed by atoms with Crippen LogP contribution in [-0.4, -0.2) is 29.7 Å². The van der Waals surface area contributed by atoms with E-state index in [1.807, 2.05) is 13.0 Å². The Labute approximate surface area is 158 Å². The van der Waals surface area contributed by atoms with E-state index < -0.39 is 5.60 Å². The fourth-order valence-electron chi connectivity index (χ4n) is 3.06. The maximum absolute atomic E-state index is 13.2. The molecule has 0 radical (unpaired) electrons. The van der Waals surface area contributed by atoms with Crippen LogP contribution in [0.4, 0.5) is 5.69 Å². The fourth-order valence-corrected chi connectivity index (χ4v) is 3.06. The molecule has 5 heteroatoms. The zero-order valence-corrected chi connectivity index (χ0v) is 17.3. The lowest BCUT2D eigenvalue weighted by Gasteiger charge is -2.35. The van der Waals surface area contributed by atoms with E-state index in [4.69, 9.17) is 9.47 Å². The van der Waals surface area contributed by atoms with Crippen LogP contribution in [-0.2, 0) is 9.53 Å². The van der Waals surface area contributed by atoms with Crippen LogP contribution in [0.25, 0.3) is 0 Å². The van der Waals surface area contributed by atoms with Crippen molar-refractivity contribution in [2.45, 2.75) is 72.8 Å². The number of nitrogens with zero attached hydrogens (tertiary/aromatic N) is 1. The number of ether oxygens (including phenoxy) is 2. The summed E-state index contributed by atoms with van der Waals surface area (Å²) < 4.78 is 11.6. The number of amides is 1. The number of hydrogen-bond donors (Lipinski definition) is 1. The fraction of sp³-hybridized carbons (Fsp3) is 0.714. The molecule has 0 aliphatic carbocycles. The predicted octanol–water partition coefficient (Wildman–Crippen LogP) is 5.07. The van der Waals surface area contributed by atoms with E-state index in [1.54, 1.807) is 12.3 Å². The van der Waals surface area contributed by atoms with Gasteiger partial charge >= 0.3 is 0 Å². The van der Waals surface area contributed by atoms with Gasteiger partial charge in [-0.2, -0.15) is 0 Å². The molecule has 0 aliphatic heterocycles. The third kappa shape index (κ3) is 7.32. The maximum Gasteiger partial charge on any atom is 0.256 e. The highest BCUT2D eigenvalue weighted by atomic mass is 16.5. The zero-order valence-electron chi connectivity index (χ0n) is 17.3. The van der Waals surface area contributed by atoms with Crippen LogP contribution in [0.15, 0.2) is 18.3 Å². The first-order valence-electron chi connectivity index (χ1n) is 9.87. The molecule has 148 valence electrons. The molecule has 0 saturated carbocycles. The molecule has 0 atom stereocenters. The Hall–Kier alpha value is -1.62. The summed E-state index contributed by atoms with van der Waals surface area (Å²) in [4.78, 5) is 17.4. The van der Waals surface area contributed by atoms with Gasteiger partial charge in [0.2, 0.25) is 5.88 Å². The lowest BCUT2D eigenvalue weighted by atomic mass is 9.83. The van der Waals surface area contributed by atoms with Crippen molar-refractivity contribution in [1.82, 2.24) is 4.98 Å². The molecule has 1 aromatic rings. The van der Waals surface area contributed by atoms with Gasteiger partial charge in [0.25, 0.3) is 5.91 Å². The van der Waals surface area contributed by atoms with Gasteiger partial charge in [-0.15, -0.1) is 0 Å². The number of hydrogen-bond acceptors (Lipinski definition) is 4. The monoisotopic (exact) mass is 364 g/mol. The highest BCUT2D eigenvalue weighted by molar-refractivity contribution is 5.97. The third-order valence-electron chi connectivity index (χ3n) is 3.92. The van der Waals surface area contributed by atoms with Crippen LogP contribution < -0.4 is 10.1 Å². The van der Waals surface area contributed by atoms with Crippen molar-refractivity contribution < 1.29 is 14.3 Å². The van der Waals surface area contributed by atoms with Gasteiger partial charge in [-0.25, -0.2) is 4.98 Å². The van der Waals surface area contributed by atoms with Gasteiger partial charge in [-0.05, 0) is 43.6 Å². The molecular weight excluding hydrogens is 328 g/mol. The minimum absolute atomic E-state index is 0.0858. The summed E-state index contributed by atoms with van der Waals surface area (Å²) in [6, 6.07) is 3.61. The summed E-state index contributed by atoms with van der Waals surface area (Å²) in [6.45, 7) is 13.8. The third-order valence-corrected chi connectivity index (χ3v) is 3.92. The van der Waals surface area contributed by atoms with E-state index in [9.17, 15) is 4.79 Å². The molecule has 26 heavy (non-hydrogen) atoms. The first-order chi connectivity index (χ1) is 12.3. The van der Waals surface area contributed by atoms with Gasteiger partial charge in [0.1, 0.15) is 5.60 Å². The van der Waals surface area contributed by atoms with E-state index in [-0.39, 0.29) is 5.91 Å². The topological polar surface area (TPSA) is 60.5 Å². The Balaban J connectivity index is 2.95. The largest absolute Gasteiger partial charge is 0.478 e. The van der Waals surface area contributed by atoms with Crippen LogP contribution in [0, 0.1) is 11.8 Å². The van der Waals surface area contributed by atoms with Crippen LogP contribution in [0.2, 0.25) is 0 Å². The first kappa shape index (κ1) is 22.4. The lowest BCUT2D eigenvalue weighted by Crippen LogP contribution is -2.47. The molecule has 0 fully saturated rings. The second kappa shape index (κ2) is 11.2. The van der Waals surface area contributed by atoms with E-state index in [2.05, 4.69) is 44.9 Å². The van der Waals surface area contributed by atoms with E-state index >= 15 is 0 Å². The van der Waals surface area contributed by atoms with Gasteiger partial charge in [0.05, 0.1) is 18.5 Å². The van der Waals surface area contributed by atoms with Gasteiger partial charge in [-0.3, -0.25) is 4.79 Å². The summed E-state index contributed by atoms with van der Waals surface area (Å²) >= 11 is 0. The summed E-state index contributed by atoms with van der Waals surface area (Å²) in [5, 5.41) is 3.00. The number of anilines is 1. The normalized spacial score (nSPS) is 11.8. The SMILES string of the molecule is CCCOc1ccc(NC(=O)C(CC(C)C)(CC(C)C)OCCC)cn1. The molecule has 1 heterocycles. The molecule has 1 N–H and O–H groups in total. The van der Waals surface area contributed by atoms with Crippen molar-refractivity contribution >= 4 is 11.6 Å². The van der Waals surface area contributed by atoms with Crippen molar-refractivity contribution in [3.05, 3.63) is 18.3 Å². The molecule has 0 bridgehead atoms. The van der Waals surface area contributed by atoms with Crippen molar-refractivity contribution in [2.75, 3.05) is 18.5 Å².